The Morgan fingerprint density at radius 1 is 0.839 bits per heavy atom. The summed E-state index contributed by atoms with van der Waals surface area (Å²) in [6, 6.07) is 24.4. The van der Waals surface area contributed by atoms with E-state index in [0.717, 1.165) is 5.56 Å². The van der Waals surface area contributed by atoms with Crippen LogP contribution in [-0.2, 0) is 16.1 Å². The number of amides is 2. The van der Waals surface area contributed by atoms with Crippen LogP contribution in [0.2, 0.25) is 0 Å². The monoisotopic (exact) mass is 414 g/mol. The summed E-state index contributed by atoms with van der Waals surface area (Å²) >= 11 is 0. The lowest BCUT2D eigenvalue weighted by atomic mass is 9.98. The lowest BCUT2D eigenvalue weighted by molar-refractivity contribution is -0.121. The van der Waals surface area contributed by atoms with Gasteiger partial charge in [-0.15, -0.1) is 0 Å². The number of benzene rings is 3. The molecule has 158 valence electrons. The van der Waals surface area contributed by atoms with Gasteiger partial charge in [0, 0.05) is 25.4 Å². The molecule has 5 nitrogen and oxygen atoms in total. The average molecular weight is 415 g/mol. The van der Waals surface area contributed by atoms with E-state index in [1.54, 1.807) is 0 Å². The van der Waals surface area contributed by atoms with E-state index in [1.807, 2.05) is 55.5 Å². The molecule has 3 aromatic carbocycles. The first-order valence-corrected chi connectivity index (χ1v) is 10.5. The highest BCUT2D eigenvalue weighted by molar-refractivity contribution is 5.79. The van der Waals surface area contributed by atoms with Crippen LogP contribution in [0.3, 0.4) is 0 Å². The molecule has 0 bridgehead atoms. The van der Waals surface area contributed by atoms with E-state index < -0.39 is 6.09 Å². The van der Waals surface area contributed by atoms with E-state index >= 15 is 0 Å². The zero-order chi connectivity index (χ0) is 21.6. The van der Waals surface area contributed by atoms with Crippen LogP contribution in [0, 0.1) is 6.92 Å². The summed E-state index contributed by atoms with van der Waals surface area (Å²) < 4.78 is 5.48. The lowest BCUT2D eigenvalue weighted by Gasteiger charge is -2.14. The van der Waals surface area contributed by atoms with Gasteiger partial charge in [0.25, 0.3) is 0 Å². The molecule has 0 radical (unpaired) electrons. The summed E-state index contributed by atoms with van der Waals surface area (Å²) in [5.41, 5.74) is 6.96. The van der Waals surface area contributed by atoms with E-state index in [0.29, 0.717) is 6.54 Å². The number of alkyl carbamates (subject to hydrolysis) is 1. The van der Waals surface area contributed by atoms with Gasteiger partial charge in [0.1, 0.15) is 6.61 Å². The maximum atomic E-state index is 12.2. The van der Waals surface area contributed by atoms with Crippen LogP contribution in [0.15, 0.2) is 72.8 Å². The Labute approximate surface area is 182 Å². The largest absolute Gasteiger partial charge is 0.449 e. The average Bonchev–Trinajstić information content (AvgIpc) is 3.11. The molecule has 2 amide bonds. The highest BCUT2D eigenvalue weighted by atomic mass is 16.5. The normalized spacial score (nSPS) is 12.0. The molecule has 31 heavy (non-hydrogen) atoms. The fraction of sp³-hybridized carbons (Fsp3) is 0.231. The number of hydrogen-bond acceptors (Lipinski definition) is 3. The summed E-state index contributed by atoms with van der Waals surface area (Å²) in [5.74, 6) is -0.0875. The van der Waals surface area contributed by atoms with E-state index in [-0.39, 0.29) is 31.4 Å². The van der Waals surface area contributed by atoms with Gasteiger partial charge in [-0.3, -0.25) is 4.79 Å². The minimum absolute atomic E-state index is 0.0240. The van der Waals surface area contributed by atoms with Gasteiger partial charge in [-0.2, -0.15) is 0 Å². The van der Waals surface area contributed by atoms with Crippen LogP contribution in [0.4, 0.5) is 4.79 Å². The van der Waals surface area contributed by atoms with Crippen molar-refractivity contribution in [1.82, 2.24) is 10.6 Å². The predicted octanol–water partition coefficient (Wildman–Crippen LogP) is 4.54. The number of nitrogens with one attached hydrogen (secondary N) is 2. The van der Waals surface area contributed by atoms with Crippen LogP contribution in [-0.4, -0.2) is 25.2 Å². The minimum Gasteiger partial charge on any atom is -0.449 e. The molecular weight excluding hydrogens is 388 g/mol. The molecular formula is C26H26N2O3. The van der Waals surface area contributed by atoms with Crippen LogP contribution in [0.1, 0.15) is 34.6 Å². The summed E-state index contributed by atoms with van der Waals surface area (Å²) in [7, 11) is 0. The van der Waals surface area contributed by atoms with Gasteiger partial charge < -0.3 is 15.4 Å². The van der Waals surface area contributed by atoms with Gasteiger partial charge >= 0.3 is 6.09 Å². The fourth-order valence-electron chi connectivity index (χ4n) is 3.92. The predicted molar refractivity (Wildman–Crippen MR) is 121 cm³/mol. The number of rotatable bonds is 7. The molecule has 0 spiro atoms. The number of carbonyl (C=O) groups excluding carboxylic acids is 2. The second-order valence-corrected chi connectivity index (χ2v) is 7.76. The molecule has 5 heteroatoms. The van der Waals surface area contributed by atoms with Crippen molar-refractivity contribution < 1.29 is 14.3 Å². The highest BCUT2D eigenvalue weighted by Crippen LogP contribution is 2.44. The molecule has 0 saturated carbocycles. The molecule has 0 aliphatic heterocycles. The molecule has 3 aromatic rings. The quantitative estimate of drug-likeness (QED) is 0.596. The number of hydrogen-bond donors (Lipinski definition) is 2. The molecule has 2 N–H and O–H groups in total. The van der Waals surface area contributed by atoms with E-state index in [2.05, 4.69) is 34.9 Å². The van der Waals surface area contributed by atoms with E-state index in [4.69, 9.17) is 4.74 Å². The van der Waals surface area contributed by atoms with E-state index in [9.17, 15) is 9.59 Å². The topological polar surface area (TPSA) is 67.4 Å². The Balaban J connectivity index is 1.22. The molecule has 0 unspecified atom stereocenters. The molecule has 0 saturated heterocycles. The summed E-state index contributed by atoms with van der Waals surface area (Å²) in [6.45, 7) is 3.00. The lowest BCUT2D eigenvalue weighted by Crippen LogP contribution is -2.31. The van der Waals surface area contributed by atoms with Crippen LogP contribution >= 0.6 is 0 Å². The number of ether oxygens (including phenoxy) is 1. The van der Waals surface area contributed by atoms with E-state index in [1.165, 1.54) is 27.8 Å². The van der Waals surface area contributed by atoms with Gasteiger partial charge in [-0.1, -0.05) is 78.4 Å². The molecule has 0 atom stereocenters. The van der Waals surface area contributed by atoms with Crippen molar-refractivity contribution >= 4 is 12.0 Å². The first-order chi connectivity index (χ1) is 15.1. The third kappa shape index (κ3) is 4.94. The van der Waals surface area contributed by atoms with Gasteiger partial charge in [0.15, 0.2) is 0 Å². The minimum atomic E-state index is -0.506. The van der Waals surface area contributed by atoms with Crippen molar-refractivity contribution in [3.8, 4) is 11.1 Å². The zero-order valence-corrected chi connectivity index (χ0v) is 17.6. The Morgan fingerprint density at radius 3 is 2.10 bits per heavy atom. The van der Waals surface area contributed by atoms with Crippen molar-refractivity contribution in [3.63, 3.8) is 0 Å². The molecule has 1 aliphatic carbocycles. The highest BCUT2D eigenvalue weighted by Gasteiger charge is 2.28. The van der Waals surface area contributed by atoms with Crippen LogP contribution in [0.5, 0.6) is 0 Å². The van der Waals surface area contributed by atoms with Crippen molar-refractivity contribution in [2.24, 2.45) is 0 Å². The van der Waals surface area contributed by atoms with Crippen LogP contribution in [0.25, 0.3) is 11.1 Å². The number of fused-ring (bicyclic) bond motifs is 3. The summed E-state index contributed by atoms with van der Waals surface area (Å²) in [5, 5.41) is 5.53. The third-order valence-electron chi connectivity index (χ3n) is 5.58. The standard InChI is InChI=1S/C26H26N2O3/c1-18-10-12-19(13-11-18)16-28-25(29)14-15-27-26(30)31-17-24-22-8-4-2-6-20(22)21-7-3-5-9-23(21)24/h2-13,24H,14-17H2,1H3,(H,27,30)(H,28,29). The molecule has 0 heterocycles. The molecule has 1 aliphatic rings. The maximum Gasteiger partial charge on any atom is 0.407 e. The van der Waals surface area contributed by atoms with Crippen LogP contribution < -0.4 is 10.6 Å². The van der Waals surface area contributed by atoms with Gasteiger partial charge in [0.05, 0.1) is 0 Å². The van der Waals surface area contributed by atoms with Gasteiger partial charge in [-0.05, 0) is 34.7 Å². The Morgan fingerprint density at radius 2 is 1.45 bits per heavy atom. The SMILES string of the molecule is Cc1ccc(CNC(=O)CCNC(=O)OCC2c3ccccc3-c3ccccc32)cc1. The second-order valence-electron chi connectivity index (χ2n) is 7.76. The smallest absolute Gasteiger partial charge is 0.407 e. The van der Waals surface area contributed by atoms with Gasteiger partial charge in [-0.25, -0.2) is 4.79 Å². The maximum absolute atomic E-state index is 12.2. The van der Waals surface area contributed by atoms with Crippen molar-refractivity contribution in [2.75, 3.05) is 13.2 Å². The molecule has 0 aromatic heterocycles. The molecule has 4 rings (SSSR count). The third-order valence-corrected chi connectivity index (χ3v) is 5.58. The first kappa shape index (κ1) is 20.7. The molecule has 0 fully saturated rings. The Bertz CT molecular complexity index is 1030. The van der Waals surface area contributed by atoms with Crippen molar-refractivity contribution in [1.29, 1.82) is 0 Å². The first-order valence-electron chi connectivity index (χ1n) is 10.5. The number of carbonyl (C=O) groups is 2. The Hall–Kier alpha value is -3.60. The Kier molecular flexibility index (Phi) is 6.32. The summed E-state index contributed by atoms with van der Waals surface area (Å²) in [6.07, 6.45) is -0.302. The number of aryl methyl sites for hydroxylation is 1. The fourth-order valence-corrected chi connectivity index (χ4v) is 3.92. The zero-order valence-electron chi connectivity index (χ0n) is 17.6. The van der Waals surface area contributed by atoms with Gasteiger partial charge in [0.2, 0.25) is 5.91 Å². The van der Waals surface area contributed by atoms with Crippen molar-refractivity contribution in [2.45, 2.75) is 25.8 Å². The van der Waals surface area contributed by atoms with Crippen molar-refractivity contribution in [3.05, 3.63) is 95.1 Å². The summed E-state index contributed by atoms with van der Waals surface area (Å²) in [4.78, 5) is 24.2. The second kappa shape index (κ2) is 9.47.